The number of nitrogens with zero attached hydrogens (tertiary/aromatic N) is 4. The van der Waals surface area contributed by atoms with Crippen LogP contribution in [0.2, 0.25) is 0 Å². The Balaban J connectivity index is 2.03. The molecule has 150 valence electrons. The minimum atomic E-state index is -4.44. The summed E-state index contributed by atoms with van der Waals surface area (Å²) < 4.78 is 40.8. The maximum Gasteiger partial charge on any atom is 0.416 e. The number of aliphatic hydroxyl groups excluding tert-OH is 1. The van der Waals surface area contributed by atoms with Crippen LogP contribution in [0.5, 0.6) is 0 Å². The summed E-state index contributed by atoms with van der Waals surface area (Å²) in [5.74, 6) is 0.546. The lowest BCUT2D eigenvalue weighted by Gasteiger charge is -2.16. The first-order chi connectivity index (χ1) is 13.4. The average molecular weight is 394 g/mol. The fourth-order valence-corrected chi connectivity index (χ4v) is 2.70. The van der Waals surface area contributed by atoms with Gasteiger partial charge in [0.05, 0.1) is 24.5 Å². The van der Waals surface area contributed by atoms with Crippen molar-refractivity contribution in [3.05, 3.63) is 36.2 Å². The Bertz CT molecular complexity index is 952. The molecule has 1 unspecified atom stereocenters. The summed E-state index contributed by atoms with van der Waals surface area (Å²) in [4.78, 5) is 13.1. The number of aromatic nitrogens is 4. The van der Waals surface area contributed by atoms with E-state index in [0.29, 0.717) is 24.1 Å². The molecule has 1 aromatic carbocycles. The maximum atomic E-state index is 13.0. The molecular weight excluding hydrogens is 373 g/mol. The highest BCUT2D eigenvalue weighted by molar-refractivity contribution is 5.86. The summed E-state index contributed by atoms with van der Waals surface area (Å²) in [5, 5.41) is 15.4. The third kappa shape index (κ3) is 4.16. The molecule has 3 N–H and O–H groups in total. The van der Waals surface area contributed by atoms with Gasteiger partial charge in [-0.05, 0) is 31.5 Å². The molecule has 0 aliphatic heterocycles. The van der Waals surface area contributed by atoms with Gasteiger partial charge in [0, 0.05) is 12.2 Å². The van der Waals surface area contributed by atoms with Gasteiger partial charge < -0.3 is 20.3 Å². The third-order valence-electron chi connectivity index (χ3n) is 4.30. The van der Waals surface area contributed by atoms with Crippen molar-refractivity contribution in [2.24, 2.45) is 0 Å². The van der Waals surface area contributed by atoms with Crippen molar-refractivity contribution < 1.29 is 18.3 Å². The molecule has 3 rings (SSSR count). The molecule has 7 nitrogen and oxygen atoms in total. The number of aryl methyl sites for hydroxylation is 1. The molecule has 10 heteroatoms. The minimum absolute atomic E-state index is 0.0959. The van der Waals surface area contributed by atoms with Crippen molar-refractivity contribution in [2.45, 2.75) is 39.0 Å². The van der Waals surface area contributed by atoms with Gasteiger partial charge in [0.15, 0.2) is 17.0 Å². The molecule has 0 fully saturated rings. The molecule has 0 spiro atoms. The van der Waals surface area contributed by atoms with Crippen molar-refractivity contribution in [1.82, 2.24) is 19.5 Å². The second-order valence-corrected chi connectivity index (χ2v) is 6.23. The molecule has 2 heterocycles. The summed E-state index contributed by atoms with van der Waals surface area (Å²) in [7, 11) is 0. The van der Waals surface area contributed by atoms with Crippen LogP contribution in [-0.4, -0.2) is 37.3 Å². The molecule has 0 amide bonds. The largest absolute Gasteiger partial charge is 0.416 e. The van der Waals surface area contributed by atoms with E-state index >= 15 is 0 Å². The summed E-state index contributed by atoms with van der Waals surface area (Å²) in [6.45, 7) is 4.36. The highest BCUT2D eigenvalue weighted by atomic mass is 19.4. The summed E-state index contributed by atoms with van der Waals surface area (Å²) in [6, 6.07) is 4.63. The van der Waals surface area contributed by atoms with Crippen LogP contribution in [0.15, 0.2) is 30.6 Å². The quantitative estimate of drug-likeness (QED) is 0.565. The number of benzene rings is 1. The molecular formula is C18H21F3N6O. The first kappa shape index (κ1) is 19.9. The zero-order chi connectivity index (χ0) is 20.3. The fourth-order valence-electron chi connectivity index (χ4n) is 2.70. The number of halogens is 3. The Morgan fingerprint density at radius 2 is 2.00 bits per heavy atom. The summed E-state index contributed by atoms with van der Waals surface area (Å²) in [6.07, 6.45) is -2.18. The number of fused-ring (bicyclic) bond motifs is 1. The van der Waals surface area contributed by atoms with Crippen LogP contribution in [0.25, 0.3) is 11.2 Å². The van der Waals surface area contributed by atoms with Gasteiger partial charge in [-0.2, -0.15) is 23.1 Å². The molecule has 1 atom stereocenters. The molecule has 0 bridgehead atoms. The third-order valence-corrected chi connectivity index (χ3v) is 4.30. The van der Waals surface area contributed by atoms with Crippen molar-refractivity contribution in [1.29, 1.82) is 0 Å². The lowest BCUT2D eigenvalue weighted by molar-refractivity contribution is -0.137. The van der Waals surface area contributed by atoms with Gasteiger partial charge in [-0.15, -0.1) is 0 Å². The van der Waals surface area contributed by atoms with Gasteiger partial charge in [-0.25, -0.2) is 4.98 Å². The number of alkyl halides is 3. The van der Waals surface area contributed by atoms with Gasteiger partial charge in [0.2, 0.25) is 5.95 Å². The minimum Gasteiger partial charge on any atom is -0.394 e. The smallest absolute Gasteiger partial charge is 0.394 e. The average Bonchev–Trinajstić information content (AvgIpc) is 3.09. The normalized spacial score (nSPS) is 12.9. The van der Waals surface area contributed by atoms with Gasteiger partial charge in [-0.1, -0.05) is 13.0 Å². The van der Waals surface area contributed by atoms with Crippen LogP contribution in [0.4, 0.5) is 30.6 Å². The van der Waals surface area contributed by atoms with Gasteiger partial charge in [0.1, 0.15) is 0 Å². The second kappa shape index (κ2) is 8.01. The van der Waals surface area contributed by atoms with E-state index in [1.54, 1.807) is 10.9 Å². The molecule has 0 aliphatic carbocycles. The number of anilines is 3. The highest BCUT2D eigenvalue weighted by Crippen LogP contribution is 2.32. The van der Waals surface area contributed by atoms with Crippen LogP contribution >= 0.6 is 0 Å². The lowest BCUT2D eigenvalue weighted by atomic mass is 10.2. The predicted molar refractivity (Wildman–Crippen MR) is 101 cm³/mol. The number of rotatable bonds is 7. The Labute approximate surface area is 159 Å². The van der Waals surface area contributed by atoms with E-state index in [1.165, 1.54) is 12.1 Å². The van der Waals surface area contributed by atoms with Gasteiger partial charge in [0.25, 0.3) is 0 Å². The fraction of sp³-hybridized carbons (Fsp3) is 0.389. The Morgan fingerprint density at radius 1 is 1.21 bits per heavy atom. The topological polar surface area (TPSA) is 87.9 Å². The van der Waals surface area contributed by atoms with E-state index in [-0.39, 0.29) is 30.1 Å². The number of hydrogen-bond acceptors (Lipinski definition) is 6. The second-order valence-electron chi connectivity index (χ2n) is 6.23. The van der Waals surface area contributed by atoms with Crippen molar-refractivity contribution in [2.75, 3.05) is 17.2 Å². The molecule has 2 aromatic heterocycles. The predicted octanol–water partition coefficient (Wildman–Crippen LogP) is 3.79. The van der Waals surface area contributed by atoms with Crippen LogP contribution < -0.4 is 10.6 Å². The Morgan fingerprint density at radius 3 is 2.64 bits per heavy atom. The molecule has 3 aromatic rings. The molecule has 28 heavy (non-hydrogen) atoms. The van der Waals surface area contributed by atoms with E-state index < -0.39 is 11.7 Å². The van der Waals surface area contributed by atoms with E-state index in [2.05, 4.69) is 25.6 Å². The molecule has 0 aliphatic rings. The van der Waals surface area contributed by atoms with Crippen molar-refractivity contribution in [3.8, 4) is 0 Å². The monoisotopic (exact) mass is 394 g/mol. The maximum absolute atomic E-state index is 13.0. The van der Waals surface area contributed by atoms with E-state index in [0.717, 1.165) is 12.1 Å². The van der Waals surface area contributed by atoms with Crippen molar-refractivity contribution in [3.63, 3.8) is 0 Å². The van der Waals surface area contributed by atoms with Crippen LogP contribution in [0.1, 0.15) is 25.8 Å². The number of nitrogens with one attached hydrogen (secondary N) is 2. The zero-order valence-corrected chi connectivity index (χ0v) is 15.5. The highest BCUT2D eigenvalue weighted by Gasteiger charge is 2.30. The molecule has 0 saturated carbocycles. The summed E-state index contributed by atoms with van der Waals surface area (Å²) >= 11 is 0. The standard InChI is InChI=1S/C18H21F3N6O/c1-3-12(9-28)24-17-25-15(14-16(26-17)27(4-2)10-22-14)23-13-7-5-6-11(8-13)18(19,20)21/h5-8,10,12,28H,3-4,9H2,1-2H3,(H2,23,24,25,26). The first-order valence-electron chi connectivity index (χ1n) is 8.90. The summed E-state index contributed by atoms with van der Waals surface area (Å²) in [5.41, 5.74) is 0.469. The van der Waals surface area contributed by atoms with Gasteiger partial charge in [-0.3, -0.25) is 0 Å². The zero-order valence-electron chi connectivity index (χ0n) is 15.5. The van der Waals surface area contributed by atoms with E-state index in [9.17, 15) is 18.3 Å². The molecule has 0 saturated heterocycles. The number of hydrogen-bond donors (Lipinski definition) is 3. The Hall–Kier alpha value is -2.88. The van der Waals surface area contributed by atoms with Gasteiger partial charge >= 0.3 is 6.18 Å². The van der Waals surface area contributed by atoms with E-state index in [4.69, 9.17) is 0 Å². The van der Waals surface area contributed by atoms with Crippen LogP contribution in [-0.2, 0) is 12.7 Å². The number of imidazole rings is 1. The lowest BCUT2D eigenvalue weighted by Crippen LogP contribution is -2.24. The van der Waals surface area contributed by atoms with Crippen molar-refractivity contribution >= 4 is 28.6 Å². The first-order valence-corrected chi connectivity index (χ1v) is 8.90. The van der Waals surface area contributed by atoms with E-state index in [1.807, 2.05) is 13.8 Å². The molecule has 0 radical (unpaired) electrons. The van der Waals surface area contributed by atoms with Crippen LogP contribution in [0, 0.1) is 0 Å². The van der Waals surface area contributed by atoms with Crippen LogP contribution in [0.3, 0.4) is 0 Å². The Kier molecular flexibility index (Phi) is 5.68. The number of aliphatic hydroxyl groups is 1. The SMILES string of the molecule is CCC(CO)Nc1nc(Nc2cccc(C(F)(F)F)c2)c2ncn(CC)c2n1.